The van der Waals surface area contributed by atoms with Crippen molar-refractivity contribution in [1.82, 2.24) is 10.4 Å². The van der Waals surface area contributed by atoms with Crippen molar-refractivity contribution in [2.24, 2.45) is 0 Å². The number of hydrogen-bond acceptors (Lipinski definition) is 4. The van der Waals surface area contributed by atoms with E-state index in [2.05, 4.69) is 12.3 Å². The zero-order valence-corrected chi connectivity index (χ0v) is 18.5. The lowest BCUT2D eigenvalue weighted by Gasteiger charge is -2.42. The number of ether oxygens (including phenoxy) is 2. The molecule has 6 heteroatoms. The number of nitrogens with one attached hydrogen (secondary N) is 1. The van der Waals surface area contributed by atoms with Crippen molar-refractivity contribution in [2.45, 2.75) is 25.4 Å². The van der Waals surface area contributed by atoms with Crippen molar-refractivity contribution < 1.29 is 14.3 Å². The third kappa shape index (κ3) is 4.11. The average Bonchev–Trinajstić information content (AvgIpc) is 2.80. The molecule has 1 aliphatic heterocycles. The Bertz CT molecular complexity index is 1090. The van der Waals surface area contributed by atoms with Crippen LogP contribution in [0.25, 0.3) is 0 Å². The van der Waals surface area contributed by atoms with Gasteiger partial charge < -0.3 is 9.47 Å². The summed E-state index contributed by atoms with van der Waals surface area (Å²) < 4.78 is 11.1. The van der Waals surface area contributed by atoms with E-state index >= 15 is 0 Å². The van der Waals surface area contributed by atoms with Gasteiger partial charge in [-0.25, -0.2) is 5.01 Å². The molecule has 0 saturated carbocycles. The lowest BCUT2D eigenvalue weighted by atomic mass is 9.85. The van der Waals surface area contributed by atoms with Crippen LogP contribution in [0.3, 0.4) is 0 Å². The highest BCUT2D eigenvalue weighted by molar-refractivity contribution is 6.31. The van der Waals surface area contributed by atoms with Crippen LogP contribution in [0.4, 0.5) is 0 Å². The molecule has 3 aromatic rings. The van der Waals surface area contributed by atoms with Crippen LogP contribution in [0.1, 0.15) is 40.0 Å². The van der Waals surface area contributed by atoms with Crippen molar-refractivity contribution in [2.75, 3.05) is 14.2 Å². The minimum Gasteiger partial charge on any atom is -0.493 e. The molecule has 0 aliphatic carbocycles. The largest absolute Gasteiger partial charge is 0.493 e. The van der Waals surface area contributed by atoms with E-state index in [0.717, 1.165) is 23.1 Å². The molecular formula is C25H25ClN2O3. The third-order valence-corrected chi connectivity index (χ3v) is 6.02. The number of fused-ring (bicyclic) bond motifs is 1. The number of amides is 1. The Labute approximate surface area is 187 Å². The molecule has 0 aromatic heterocycles. The Balaban J connectivity index is 1.83. The number of benzene rings is 3. The summed E-state index contributed by atoms with van der Waals surface area (Å²) >= 11 is 6.63. The van der Waals surface area contributed by atoms with E-state index in [4.69, 9.17) is 21.1 Å². The topological polar surface area (TPSA) is 50.8 Å². The first-order valence-electron chi connectivity index (χ1n) is 10.2. The van der Waals surface area contributed by atoms with Gasteiger partial charge in [0, 0.05) is 16.6 Å². The maximum atomic E-state index is 13.0. The zero-order valence-electron chi connectivity index (χ0n) is 17.8. The first kappa shape index (κ1) is 21.2. The average molecular weight is 437 g/mol. The van der Waals surface area contributed by atoms with Gasteiger partial charge in [0.25, 0.3) is 5.91 Å². The second-order valence-electron chi connectivity index (χ2n) is 7.60. The standard InChI is InChI=1S/C25H25ClN2O3/c1-16-13-18-14-22(30-2)23(31-3)15-20(18)24(19-11-7-8-12-21(19)26)28(16)27-25(29)17-9-5-4-6-10-17/h4-12,14-16,24H,13H2,1-3H3,(H,27,29). The van der Waals surface area contributed by atoms with E-state index in [0.29, 0.717) is 22.1 Å². The second kappa shape index (κ2) is 9.00. The van der Waals surface area contributed by atoms with Crippen LogP contribution in [0.5, 0.6) is 11.5 Å². The molecule has 4 rings (SSSR count). The summed E-state index contributed by atoms with van der Waals surface area (Å²) in [6, 6.07) is 20.7. The summed E-state index contributed by atoms with van der Waals surface area (Å²) in [5, 5.41) is 2.63. The molecule has 160 valence electrons. The lowest BCUT2D eigenvalue weighted by Crippen LogP contribution is -2.52. The van der Waals surface area contributed by atoms with Gasteiger partial charge in [0.2, 0.25) is 0 Å². The summed E-state index contributed by atoms with van der Waals surface area (Å²) in [6.07, 6.45) is 0.742. The first-order chi connectivity index (χ1) is 15.0. The monoisotopic (exact) mass is 436 g/mol. The van der Waals surface area contributed by atoms with Crippen molar-refractivity contribution in [3.8, 4) is 11.5 Å². The van der Waals surface area contributed by atoms with Crippen LogP contribution in [-0.2, 0) is 6.42 Å². The molecule has 1 heterocycles. The minimum atomic E-state index is -0.278. The maximum Gasteiger partial charge on any atom is 0.265 e. The number of methoxy groups -OCH3 is 2. The van der Waals surface area contributed by atoms with E-state index in [1.54, 1.807) is 26.4 Å². The van der Waals surface area contributed by atoms with Gasteiger partial charge in [-0.3, -0.25) is 10.2 Å². The Hall–Kier alpha value is -3.02. The van der Waals surface area contributed by atoms with Gasteiger partial charge in [-0.1, -0.05) is 48.0 Å². The van der Waals surface area contributed by atoms with Gasteiger partial charge in [0.1, 0.15) is 0 Å². The van der Waals surface area contributed by atoms with Crippen LogP contribution in [0, 0.1) is 0 Å². The zero-order chi connectivity index (χ0) is 22.0. The maximum absolute atomic E-state index is 13.0. The minimum absolute atomic E-state index is 0.0273. The van der Waals surface area contributed by atoms with Crippen LogP contribution >= 0.6 is 11.6 Å². The molecule has 0 fully saturated rings. The van der Waals surface area contributed by atoms with Gasteiger partial charge in [0.05, 0.1) is 20.3 Å². The highest BCUT2D eigenvalue weighted by Crippen LogP contribution is 2.43. The number of carbonyl (C=O) groups excluding carboxylic acids is 1. The van der Waals surface area contributed by atoms with Gasteiger partial charge in [0.15, 0.2) is 11.5 Å². The number of nitrogens with zero attached hydrogens (tertiary/aromatic N) is 1. The summed E-state index contributed by atoms with van der Waals surface area (Å²) in [6.45, 7) is 2.09. The smallest absolute Gasteiger partial charge is 0.265 e. The van der Waals surface area contributed by atoms with Crippen LogP contribution < -0.4 is 14.9 Å². The van der Waals surface area contributed by atoms with E-state index in [1.165, 1.54) is 0 Å². The van der Waals surface area contributed by atoms with E-state index < -0.39 is 0 Å². The predicted molar refractivity (Wildman–Crippen MR) is 122 cm³/mol. The van der Waals surface area contributed by atoms with Crippen LogP contribution in [-0.4, -0.2) is 31.2 Å². The highest BCUT2D eigenvalue weighted by Gasteiger charge is 2.36. The Morgan fingerprint density at radius 1 is 0.968 bits per heavy atom. The molecule has 31 heavy (non-hydrogen) atoms. The normalized spacial score (nSPS) is 18.2. The molecule has 0 spiro atoms. The third-order valence-electron chi connectivity index (χ3n) is 5.67. The molecule has 1 N–H and O–H groups in total. The van der Waals surface area contributed by atoms with Crippen molar-refractivity contribution >= 4 is 17.5 Å². The fourth-order valence-corrected chi connectivity index (χ4v) is 4.39. The Kier molecular flexibility index (Phi) is 6.16. The quantitative estimate of drug-likeness (QED) is 0.608. The van der Waals surface area contributed by atoms with Gasteiger partial charge in [-0.2, -0.15) is 0 Å². The first-order valence-corrected chi connectivity index (χ1v) is 10.5. The molecular weight excluding hydrogens is 412 g/mol. The number of carbonyl (C=O) groups is 1. The van der Waals surface area contributed by atoms with E-state index in [1.807, 2.05) is 59.6 Å². The summed E-state index contributed by atoms with van der Waals surface area (Å²) in [5.41, 5.74) is 6.81. The molecule has 5 nitrogen and oxygen atoms in total. The molecule has 1 amide bonds. The van der Waals surface area contributed by atoms with Gasteiger partial charge in [-0.15, -0.1) is 0 Å². The van der Waals surface area contributed by atoms with Crippen molar-refractivity contribution in [1.29, 1.82) is 0 Å². The Morgan fingerprint density at radius 2 is 1.61 bits per heavy atom. The van der Waals surface area contributed by atoms with E-state index in [-0.39, 0.29) is 18.0 Å². The number of hydrazine groups is 1. The van der Waals surface area contributed by atoms with Crippen LogP contribution in [0.15, 0.2) is 66.7 Å². The Morgan fingerprint density at radius 3 is 2.29 bits per heavy atom. The molecule has 2 unspecified atom stereocenters. The SMILES string of the molecule is COc1cc2c(cc1OC)C(c1ccccc1Cl)N(NC(=O)c1ccccc1)C(C)C2. The van der Waals surface area contributed by atoms with Gasteiger partial charge in [-0.05, 0) is 60.4 Å². The second-order valence-corrected chi connectivity index (χ2v) is 8.00. The fourth-order valence-electron chi connectivity index (χ4n) is 4.15. The van der Waals surface area contributed by atoms with Crippen molar-refractivity contribution in [3.05, 3.63) is 94.0 Å². The predicted octanol–water partition coefficient (Wildman–Crippen LogP) is 5.04. The molecule has 0 bridgehead atoms. The summed E-state index contributed by atoms with van der Waals surface area (Å²) in [7, 11) is 3.25. The molecule has 0 radical (unpaired) electrons. The van der Waals surface area contributed by atoms with Gasteiger partial charge >= 0.3 is 0 Å². The summed E-state index contributed by atoms with van der Waals surface area (Å²) in [4.78, 5) is 13.0. The highest BCUT2D eigenvalue weighted by atomic mass is 35.5. The van der Waals surface area contributed by atoms with Crippen LogP contribution in [0.2, 0.25) is 5.02 Å². The number of halogens is 1. The van der Waals surface area contributed by atoms with Crippen molar-refractivity contribution in [3.63, 3.8) is 0 Å². The molecule has 2 atom stereocenters. The fraction of sp³-hybridized carbons (Fsp3) is 0.240. The lowest BCUT2D eigenvalue weighted by molar-refractivity contribution is 0.0552. The molecule has 3 aromatic carbocycles. The molecule has 0 saturated heterocycles. The number of hydrogen-bond donors (Lipinski definition) is 1. The molecule has 1 aliphatic rings. The van der Waals surface area contributed by atoms with E-state index in [9.17, 15) is 4.79 Å². The number of rotatable bonds is 5. The summed E-state index contributed by atoms with van der Waals surface area (Å²) in [5.74, 6) is 1.17.